The van der Waals surface area contributed by atoms with Crippen molar-refractivity contribution in [3.05, 3.63) is 35.0 Å². The lowest BCUT2D eigenvalue weighted by Crippen LogP contribution is -2.28. The number of nitrogens with one attached hydrogen (secondary N) is 1. The minimum atomic E-state index is -3.54. The summed E-state index contributed by atoms with van der Waals surface area (Å²) < 4.78 is 37.1. The van der Waals surface area contributed by atoms with Gasteiger partial charge in [0.1, 0.15) is 5.02 Å². The molecule has 11 heteroatoms. The van der Waals surface area contributed by atoms with E-state index in [1.54, 1.807) is 29.3 Å². The molecule has 6 rings (SSSR count). The number of anilines is 3. The Hall–Kier alpha value is -2.85. The van der Waals surface area contributed by atoms with Gasteiger partial charge in [-0.3, -0.25) is 14.4 Å². The van der Waals surface area contributed by atoms with Crippen molar-refractivity contribution in [3.8, 4) is 5.88 Å². The second-order valence-corrected chi connectivity index (χ2v) is 11.9. The third-order valence-electron chi connectivity index (χ3n) is 7.22. The number of sulfonamides is 1. The van der Waals surface area contributed by atoms with Crippen molar-refractivity contribution in [2.45, 2.75) is 50.4 Å². The van der Waals surface area contributed by atoms with Crippen LogP contribution in [0.15, 0.2) is 28.9 Å². The number of rotatable bonds is 6. The van der Waals surface area contributed by atoms with Crippen molar-refractivity contribution in [1.82, 2.24) is 10.1 Å². The molecule has 0 unspecified atom stereocenters. The number of nitrogens with zero attached hydrogens (tertiary/aromatic N) is 3. The number of fused-ring (bicyclic) bond motifs is 3. The number of carbonyl (C=O) groups is 1. The van der Waals surface area contributed by atoms with Crippen LogP contribution in [0.3, 0.4) is 0 Å². The summed E-state index contributed by atoms with van der Waals surface area (Å²) in [4.78, 5) is 19.6. The van der Waals surface area contributed by atoms with E-state index in [-0.39, 0.29) is 11.7 Å². The van der Waals surface area contributed by atoms with E-state index in [0.29, 0.717) is 58.6 Å². The zero-order valence-corrected chi connectivity index (χ0v) is 20.8. The van der Waals surface area contributed by atoms with E-state index < -0.39 is 15.4 Å². The number of carbonyl (C=O) groups excluding carboxylic acids is 1. The molecule has 2 saturated carbocycles. The van der Waals surface area contributed by atoms with Crippen molar-refractivity contribution in [2.24, 2.45) is 5.92 Å². The predicted octanol–water partition coefficient (Wildman–Crippen LogP) is 4.92. The van der Waals surface area contributed by atoms with Gasteiger partial charge in [0.05, 0.1) is 41.2 Å². The van der Waals surface area contributed by atoms with E-state index in [1.807, 2.05) is 0 Å². The molecule has 0 bridgehead atoms. The number of halogens is 1. The molecule has 2 fully saturated rings. The second kappa shape index (κ2) is 8.09. The molecular weight excluding hydrogens is 492 g/mol. The molecule has 2 aromatic heterocycles. The highest BCUT2D eigenvalue weighted by atomic mass is 35.5. The number of hydrogen-bond donors (Lipinski definition) is 1. The Morgan fingerprint density at radius 2 is 2.00 bits per heavy atom. The molecule has 3 heterocycles. The first kappa shape index (κ1) is 22.6. The van der Waals surface area contributed by atoms with E-state index in [4.69, 9.17) is 20.9 Å². The molecule has 3 aliphatic rings. The zero-order chi connectivity index (χ0) is 24.4. The molecule has 0 atom stereocenters. The predicted molar refractivity (Wildman–Crippen MR) is 132 cm³/mol. The van der Waals surface area contributed by atoms with Gasteiger partial charge in [-0.25, -0.2) is 13.4 Å². The van der Waals surface area contributed by atoms with E-state index >= 15 is 0 Å². The van der Waals surface area contributed by atoms with Crippen LogP contribution in [0.4, 0.5) is 17.2 Å². The van der Waals surface area contributed by atoms with E-state index in [2.05, 4.69) is 14.9 Å². The molecule has 1 spiro atoms. The Kier molecular flexibility index (Phi) is 5.23. The van der Waals surface area contributed by atoms with Crippen LogP contribution < -0.4 is 14.4 Å². The van der Waals surface area contributed by atoms with Crippen LogP contribution in [-0.2, 0) is 20.2 Å². The van der Waals surface area contributed by atoms with Crippen molar-refractivity contribution >= 4 is 55.7 Å². The Morgan fingerprint density at radius 1 is 1.23 bits per heavy atom. The topological polar surface area (TPSA) is 115 Å². The maximum absolute atomic E-state index is 13.6. The van der Waals surface area contributed by atoms with Gasteiger partial charge in [0.2, 0.25) is 21.8 Å². The maximum atomic E-state index is 13.6. The first-order valence-corrected chi connectivity index (χ1v) is 14.1. The van der Waals surface area contributed by atoms with Gasteiger partial charge in [0.15, 0.2) is 11.4 Å². The van der Waals surface area contributed by atoms with Crippen molar-refractivity contribution in [2.75, 3.05) is 22.5 Å². The number of hydrogen-bond acceptors (Lipinski definition) is 7. The van der Waals surface area contributed by atoms with Crippen molar-refractivity contribution in [3.63, 3.8) is 0 Å². The third kappa shape index (κ3) is 3.92. The number of amides is 1. The Balaban J connectivity index is 1.33. The molecule has 1 aliphatic heterocycles. The van der Waals surface area contributed by atoms with Crippen LogP contribution in [0.1, 0.15) is 50.5 Å². The number of aromatic nitrogens is 2. The molecule has 1 N–H and O–H groups in total. The second-order valence-electron chi connectivity index (χ2n) is 9.79. The largest absolute Gasteiger partial charge is 0.476 e. The zero-order valence-electron chi connectivity index (χ0n) is 19.2. The number of ether oxygens (including phenoxy) is 1. The van der Waals surface area contributed by atoms with Crippen LogP contribution in [-0.4, -0.2) is 37.3 Å². The summed E-state index contributed by atoms with van der Waals surface area (Å²) >= 11 is 6.53. The maximum Gasteiger partial charge on any atom is 0.242 e. The molecule has 3 aromatic rings. The SMILES string of the molecule is CS(=O)(=O)Nc1noc2cc3c(cc12)C1(CC1)C(=O)N3c1cnc(OCC2CCCCC2)c(Cl)c1. The van der Waals surface area contributed by atoms with Gasteiger partial charge < -0.3 is 9.26 Å². The van der Waals surface area contributed by atoms with Crippen LogP contribution in [0.25, 0.3) is 11.0 Å². The Bertz CT molecular complexity index is 1440. The van der Waals surface area contributed by atoms with Crippen LogP contribution >= 0.6 is 11.6 Å². The average Bonchev–Trinajstić information content (AvgIpc) is 3.49. The minimum Gasteiger partial charge on any atom is -0.476 e. The highest BCUT2D eigenvalue weighted by Gasteiger charge is 2.60. The number of benzene rings is 1. The van der Waals surface area contributed by atoms with Gasteiger partial charge in [-0.15, -0.1) is 0 Å². The van der Waals surface area contributed by atoms with Gasteiger partial charge in [-0.05, 0) is 49.3 Å². The summed E-state index contributed by atoms with van der Waals surface area (Å²) in [5.74, 6) is 0.946. The summed E-state index contributed by atoms with van der Waals surface area (Å²) in [6, 6.07) is 5.23. The molecule has 2 aliphatic carbocycles. The lowest BCUT2D eigenvalue weighted by molar-refractivity contribution is -0.119. The van der Waals surface area contributed by atoms with E-state index in [0.717, 1.165) is 24.7 Å². The van der Waals surface area contributed by atoms with Gasteiger partial charge >= 0.3 is 0 Å². The van der Waals surface area contributed by atoms with Gasteiger partial charge in [-0.2, -0.15) is 0 Å². The first-order chi connectivity index (χ1) is 16.7. The molecule has 0 saturated heterocycles. The highest BCUT2D eigenvalue weighted by Crippen LogP contribution is 2.60. The molecule has 35 heavy (non-hydrogen) atoms. The lowest BCUT2D eigenvalue weighted by Gasteiger charge is -2.22. The van der Waals surface area contributed by atoms with E-state index in [1.165, 1.54) is 19.3 Å². The smallest absolute Gasteiger partial charge is 0.242 e. The minimum absolute atomic E-state index is 0.0560. The summed E-state index contributed by atoms with van der Waals surface area (Å²) in [6.45, 7) is 0.591. The fraction of sp³-hybridized carbons (Fsp3) is 0.458. The van der Waals surface area contributed by atoms with Gasteiger partial charge in [0.25, 0.3) is 0 Å². The molecule has 1 aromatic carbocycles. The standard InChI is InChI=1S/C24H25ClN4O5S/c1-35(31,32)28-21-16-10-17-19(11-20(16)34-27-21)29(23(30)24(17)7-8-24)15-9-18(25)22(26-12-15)33-13-14-5-3-2-4-6-14/h9-12,14H,2-8,13H2,1H3,(H,27,28). The summed E-state index contributed by atoms with van der Waals surface area (Å²) in [5.41, 5.74) is 1.77. The van der Waals surface area contributed by atoms with Crippen molar-refractivity contribution < 1.29 is 22.5 Å². The van der Waals surface area contributed by atoms with Gasteiger partial charge in [0, 0.05) is 6.07 Å². The van der Waals surface area contributed by atoms with Crippen LogP contribution in [0.5, 0.6) is 5.88 Å². The molecule has 9 nitrogen and oxygen atoms in total. The lowest BCUT2D eigenvalue weighted by atomic mass is 9.90. The quantitative estimate of drug-likeness (QED) is 0.494. The third-order valence-corrected chi connectivity index (χ3v) is 8.06. The Labute approximate surface area is 207 Å². The summed E-state index contributed by atoms with van der Waals surface area (Å²) in [6.07, 6.45) is 10.2. The average molecular weight is 517 g/mol. The summed E-state index contributed by atoms with van der Waals surface area (Å²) in [7, 11) is -3.54. The Morgan fingerprint density at radius 3 is 2.69 bits per heavy atom. The molecule has 0 radical (unpaired) electrons. The van der Waals surface area contributed by atoms with Gasteiger partial charge in [-0.1, -0.05) is 36.0 Å². The van der Waals surface area contributed by atoms with E-state index in [9.17, 15) is 13.2 Å². The monoisotopic (exact) mass is 516 g/mol. The van der Waals surface area contributed by atoms with Crippen LogP contribution in [0.2, 0.25) is 5.02 Å². The fourth-order valence-corrected chi connectivity index (χ4v) is 6.00. The molecular formula is C24H25ClN4O5S. The summed E-state index contributed by atoms with van der Waals surface area (Å²) in [5, 5.41) is 4.74. The number of pyridine rings is 1. The first-order valence-electron chi connectivity index (χ1n) is 11.8. The van der Waals surface area contributed by atoms with Crippen molar-refractivity contribution in [1.29, 1.82) is 0 Å². The fourth-order valence-electron chi connectivity index (χ4n) is 5.29. The highest BCUT2D eigenvalue weighted by molar-refractivity contribution is 7.92. The molecule has 184 valence electrons. The van der Waals surface area contributed by atoms with Crippen LogP contribution in [0, 0.1) is 5.92 Å². The normalized spacial score (nSPS) is 19.4. The molecule has 1 amide bonds.